The zero-order chi connectivity index (χ0) is 38.8. The predicted molar refractivity (Wildman–Crippen MR) is 226 cm³/mol. The Bertz CT molecular complexity index is 2990. The number of anilines is 4. The van der Waals surface area contributed by atoms with Crippen LogP contribution in [0, 0.1) is 11.6 Å². The van der Waals surface area contributed by atoms with E-state index in [-0.39, 0.29) is 17.8 Å². The van der Waals surface area contributed by atoms with E-state index < -0.39 is 11.6 Å². The van der Waals surface area contributed by atoms with Gasteiger partial charge in [-0.25, -0.2) is 13.8 Å². The van der Waals surface area contributed by atoms with E-state index in [0.29, 0.717) is 11.5 Å². The number of rotatable bonds is 6. The fraction of sp³-hybridized carbons (Fsp3) is 0.102. The van der Waals surface area contributed by atoms with Crippen LogP contribution in [-0.4, -0.2) is 21.2 Å². The molecule has 0 aliphatic carbocycles. The van der Waals surface area contributed by atoms with Gasteiger partial charge in [0.15, 0.2) is 0 Å². The maximum atomic E-state index is 15.6. The molecule has 6 aromatic carbocycles. The molecule has 0 radical (unpaired) electrons. The molecule has 4 heterocycles. The molecule has 0 unspecified atom stereocenters. The second-order valence-electron chi connectivity index (χ2n) is 15.5. The van der Waals surface area contributed by atoms with E-state index in [1.807, 2.05) is 72.8 Å². The average Bonchev–Trinajstić information content (AvgIpc) is 3.76. The lowest BCUT2D eigenvalue weighted by Gasteiger charge is -2.24. The van der Waals surface area contributed by atoms with Gasteiger partial charge in [0.25, 0.3) is 0 Å². The molecule has 6 nitrogen and oxygen atoms in total. The first-order valence-electron chi connectivity index (χ1n) is 19.0. The zero-order valence-corrected chi connectivity index (χ0v) is 31.6. The number of hydrogen-bond acceptors (Lipinski definition) is 5. The minimum absolute atomic E-state index is 0.0847. The first-order valence-corrected chi connectivity index (χ1v) is 19.0. The Labute approximate surface area is 328 Å². The number of hydrogen-bond donors (Lipinski definition) is 0. The minimum Gasteiger partial charge on any atom is -0.457 e. The van der Waals surface area contributed by atoms with Crippen LogP contribution < -0.4 is 14.5 Å². The molecule has 0 spiro atoms. The van der Waals surface area contributed by atoms with Crippen LogP contribution in [0.5, 0.6) is 11.5 Å². The summed E-state index contributed by atoms with van der Waals surface area (Å²) < 4.78 is 40.1. The number of aromatic nitrogens is 3. The largest absolute Gasteiger partial charge is 0.457 e. The standard InChI is InChI=1S/C49H37F2N5O/c1-49(2,3)34-17-21-44-46(27-34)55(48-40(50)12-8-13-41(48)51)30-54(44)35-25-33(31-16-20-42-32(24-31)10-9-23-52-42)26-37(28-35)57-36-18-19-39-38-11-4-5-14-43(38)56(45(39)29-36)47-15-6-7-22-53-47/h4-29H,30H2,1-3H3. The lowest BCUT2D eigenvalue weighted by atomic mass is 9.86. The molecule has 0 bridgehead atoms. The third kappa shape index (κ3) is 6.01. The van der Waals surface area contributed by atoms with Crippen LogP contribution >= 0.6 is 0 Å². The molecule has 3 aromatic heterocycles. The van der Waals surface area contributed by atoms with Gasteiger partial charge >= 0.3 is 0 Å². The molecular weight excluding hydrogens is 713 g/mol. The van der Waals surface area contributed by atoms with Crippen molar-refractivity contribution in [1.82, 2.24) is 14.5 Å². The first kappa shape index (κ1) is 34.4. The van der Waals surface area contributed by atoms with Gasteiger partial charge in [-0.1, -0.05) is 69.3 Å². The molecule has 1 aliphatic rings. The first-order chi connectivity index (χ1) is 27.7. The monoisotopic (exact) mass is 749 g/mol. The summed E-state index contributed by atoms with van der Waals surface area (Å²) in [6.07, 6.45) is 3.59. The van der Waals surface area contributed by atoms with Crippen molar-refractivity contribution in [3.63, 3.8) is 0 Å². The van der Waals surface area contributed by atoms with Crippen molar-refractivity contribution in [3.05, 3.63) is 175 Å². The lowest BCUT2D eigenvalue weighted by Crippen LogP contribution is -2.25. The molecule has 0 atom stereocenters. The third-order valence-electron chi connectivity index (χ3n) is 10.8. The summed E-state index contributed by atoms with van der Waals surface area (Å²) in [5.41, 5.74) is 7.97. The normalized spacial score (nSPS) is 12.9. The molecule has 0 saturated carbocycles. The van der Waals surface area contributed by atoms with Crippen LogP contribution in [0.25, 0.3) is 49.7 Å². The summed E-state index contributed by atoms with van der Waals surface area (Å²) >= 11 is 0. The molecule has 1 aliphatic heterocycles. The van der Waals surface area contributed by atoms with Gasteiger partial charge in [0.05, 0.1) is 27.9 Å². The Morgan fingerprint density at radius 3 is 2.21 bits per heavy atom. The maximum Gasteiger partial charge on any atom is 0.149 e. The van der Waals surface area contributed by atoms with Gasteiger partial charge < -0.3 is 14.5 Å². The van der Waals surface area contributed by atoms with E-state index in [2.05, 4.69) is 89.8 Å². The van der Waals surface area contributed by atoms with E-state index in [1.54, 1.807) is 17.3 Å². The van der Waals surface area contributed by atoms with Gasteiger partial charge in [0.2, 0.25) is 0 Å². The van der Waals surface area contributed by atoms with Crippen LogP contribution in [0.4, 0.5) is 31.5 Å². The molecule has 10 rings (SSSR count). The van der Waals surface area contributed by atoms with E-state index in [9.17, 15) is 0 Å². The van der Waals surface area contributed by atoms with Crippen molar-refractivity contribution < 1.29 is 13.5 Å². The molecule has 278 valence electrons. The highest BCUT2D eigenvalue weighted by atomic mass is 19.1. The van der Waals surface area contributed by atoms with Crippen LogP contribution in [0.3, 0.4) is 0 Å². The molecule has 8 heteroatoms. The Hall–Kier alpha value is -7.06. The number of ether oxygens (including phenoxy) is 1. The van der Waals surface area contributed by atoms with E-state index >= 15 is 8.78 Å². The highest BCUT2D eigenvalue weighted by molar-refractivity contribution is 6.09. The van der Waals surface area contributed by atoms with E-state index in [1.165, 1.54) is 18.2 Å². The van der Waals surface area contributed by atoms with Crippen molar-refractivity contribution in [1.29, 1.82) is 0 Å². The van der Waals surface area contributed by atoms with Crippen molar-refractivity contribution in [2.45, 2.75) is 26.2 Å². The lowest BCUT2D eigenvalue weighted by molar-refractivity contribution is 0.483. The Morgan fingerprint density at radius 2 is 1.39 bits per heavy atom. The molecule has 0 saturated heterocycles. The molecule has 0 amide bonds. The van der Waals surface area contributed by atoms with E-state index in [0.717, 1.165) is 72.3 Å². The summed E-state index contributed by atoms with van der Waals surface area (Å²) in [5.74, 6) is 0.834. The quantitative estimate of drug-likeness (QED) is 0.169. The highest BCUT2D eigenvalue weighted by Crippen LogP contribution is 2.49. The SMILES string of the molecule is CC(C)(C)c1ccc2c(c1)N(c1c(F)cccc1F)CN2c1cc(Oc2ccc3c4ccccc4n(-c4ccccn4)c3c2)cc(-c2ccc3ncccc3c2)c1. The van der Waals surface area contributed by atoms with Gasteiger partial charge in [0.1, 0.15) is 41.3 Å². The average molecular weight is 750 g/mol. The number of nitrogens with zero attached hydrogens (tertiary/aromatic N) is 5. The van der Waals surface area contributed by atoms with Crippen LogP contribution in [0.15, 0.2) is 158 Å². The number of benzene rings is 6. The van der Waals surface area contributed by atoms with Crippen molar-refractivity contribution >= 4 is 55.5 Å². The van der Waals surface area contributed by atoms with Crippen LogP contribution in [0.2, 0.25) is 0 Å². The summed E-state index contributed by atoms with van der Waals surface area (Å²) in [4.78, 5) is 13.1. The summed E-state index contributed by atoms with van der Waals surface area (Å²) in [7, 11) is 0. The maximum absolute atomic E-state index is 15.6. The van der Waals surface area contributed by atoms with Crippen LogP contribution in [-0.2, 0) is 5.41 Å². The van der Waals surface area contributed by atoms with Gasteiger partial charge in [0, 0.05) is 46.4 Å². The van der Waals surface area contributed by atoms with E-state index in [4.69, 9.17) is 9.72 Å². The fourth-order valence-corrected chi connectivity index (χ4v) is 7.99. The van der Waals surface area contributed by atoms with Gasteiger partial charge in [-0.3, -0.25) is 9.55 Å². The molecule has 57 heavy (non-hydrogen) atoms. The molecule has 0 fully saturated rings. The Balaban J connectivity index is 1.13. The number of halogens is 2. The fourth-order valence-electron chi connectivity index (χ4n) is 7.99. The third-order valence-corrected chi connectivity index (χ3v) is 10.8. The topological polar surface area (TPSA) is 46.4 Å². The van der Waals surface area contributed by atoms with Crippen molar-refractivity contribution in [2.24, 2.45) is 0 Å². The van der Waals surface area contributed by atoms with Gasteiger partial charge in [-0.2, -0.15) is 0 Å². The van der Waals surface area contributed by atoms with Crippen LogP contribution in [0.1, 0.15) is 26.3 Å². The minimum atomic E-state index is -0.620. The van der Waals surface area contributed by atoms with Crippen molar-refractivity contribution in [3.8, 4) is 28.4 Å². The molecule has 9 aromatic rings. The zero-order valence-electron chi connectivity index (χ0n) is 31.6. The van der Waals surface area contributed by atoms with Gasteiger partial charge in [-0.05, 0) is 107 Å². The number of pyridine rings is 2. The Morgan fingerprint density at radius 1 is 0.579 bits per heavy atom. The second-order valence-corrected chi connectivity index (χ2v) is 15.5. The number of fused-ring (bicyclic) bond motifs is 5. The van der Waals surface area contributed by atoms with Crippen molar-refractivity contribution in [2.75, 3.05) is 16.5 Å². The summed E-state index contributed by atoms with van der Waals surface area (Å²) in [6.45, 7) is 6.58. The van der Waals surface area contributed by atoms with Gasteiger partial charge in [-0.15, -0.1) is 0 Å². The Kier molecular flexibility index (Phi) is 8.04. The predicted octanol–water partition coefficient (Wildman–Crippen LogP) is 13.0. The highest BCUT2D eigenvalue weighted by Gasteiger charge is 2.33. The number of para-hydroxylation sites is 2. The summed E-state index contributed by atoms with van der Waals surface area (Å²) in [5, 5.41) is 3.22. The molecule has 0 N–H and O–H groups in total. The molecular formula is C49H37F2N5O. The second kappa shape index (κ2) is 13.3. The smallest absolute Gasteiger partial charge is 0.149 e. The summed E-state index contributed by atoms with van der Waals surface area (Å²) in [6, 6.07) is 46.9.